The molecule has 16 heavy (non-hydrogen) atoms. The molecule has 0 amide bonds. The Balaban J connectivity index is 2.01. The van der Waals surface area contributed by atoms with E-state index >= 15 is 0 Å². The second kappa shape index (κ2) is 8.63. The third kappa shape index (κ3) is 6.16. The van der Waals surface area contributed by atoms with Gasteiger partial charge in [-0.05, 0) is 30.7 Å². The summed E-state index contributed by atoms with van der Waals surface area (Å²) in [5, 5.41) is 3.44. The fourth-order valence-corrected chi connectivity index (χ4v) is 1.97. The number of halogens is 1. The monoisotopic (exact) mass is 283 g/mol. The van der Waals surface area contributed by atoms with Crippen molar-refractivity contribution in [3.8, 4) is 0 Å². The van der Waals surface area contributed by atoms with Gasteiger partial charge in [0.05, 0.1) is 0 Å². The smallest absolute Gasteiger partial charge is 0.0340 e. The van der Waals surface area contributed by atoms with Crippen LogP contribution in [0.15, 0.2) is 28.7 Å². The van der Waals surface area contributed by atoms with Crippen molar-refractivity contribution in [1.29, 1.82) is 0 Å². The van der Waals surface area contributed by atoms with E-state index in [1.807, 2.05) is 0 Å². The van der Waals surface area contributed by atoms with Gasteiger partial charge in [-0.2, -0.15) is 0 Å². The molecule has 1 nitrogen and oxygen atoms in total. The largest absolute Gasteiger partial charge is 0.385 e. The van der Waals surface area contributed by atoms with Gasteiger partial charge in [0.15, 0.2) is 0 Å². The lowest BCUT2D eigenvalue weighted by Gasteiger charge is -2.06. The Morgan fingerprint density at radius 3 is 2.25 bits per heavy atom. The Kier molecular flexibility index (Phi) is 7.32. The molecular weight excluding hydrogens is 262 g/mol. The maximum atomic E-state index is 3.44. The van der Waals surface area contributed by atoms with Crippen LogP contribution in [-0.4, -0.2) is 6.54 Å². The maximum Gasteiger partial charge on any atom is 0.0340 e. The van der Waals surface area contributed by atoms with Crippen molar-refractivity contribution in [2.24, 2.45) is 0 Å². The van der Waals surface area contributed by atoms with Crippen LogP contribution in [0.3, 0.4) is 0 Å². The maximum absolute atomic E-state index is 3.44. The van der Waals surface area contributed by atoms with E-state index in [0.717, 1.165) is 11.0 Å². The highest BCUT2D eigenvalue weighted by atomic mass is 79.9. The molecule has 0 radical (unpaired) electrons. The SMILES string of the molecule is CCCCCCCCNc1ccc(Br)cc1. The van der Waals surface area contributed by atoms with Gasteiger partial charge in [0.25, 0.3) is 0 Å². The average Bonchev–Trinajstić information content (AvgIpc) is 2.30. The van der Waals surface area contributed by atoms with Crippen LogP contribution in [0.2, 0.25) is 0 Å². The number of unbranched alkanes of at least 4 members (excludes halogenated alkanes) is 5. The molecule has 0 saturated carbocycles. The molecule has 2 heteroatoms. The fraction of sp³-hybridized carbons (Fsp3) is 0.571. The second-order valence-electron chi connectivity index (χ2n) is 4.20. The number of rotatable bonds is 8. The van der Waals surface area contributed by atoms with Crippen LogP contribution in [-0.2, 0) is 0 Å². The van der Waals surface area contributed by atoms with Crippen LogP contribution < -0.4 is 5.32 Å². The minimum atomic E-state index is 1.09. The van der Waals surface area contributed by atoms with E-state index in [0.29, 0.717) is 0 Å². The first-order valence-corrected chi connectivity index (χ1v) is 7.11. The van der Waals surface area contributed by atoms with E-state index in [1.165, 1.54) is 44.2 Å². The fourth-order valence-electron chi connectivity index (χ4n) is 1.71. The standard InChI is InChI=1S/C14H22BrN/c1-2-3-4-5-6-7-12-16-14-10-8-13(15)9-11-14/h8-11,16H,2-7,12H2,1H3. The lowest BCUT2D eigenvalue weighted by atomic mass is 10.1. The lowest BCUT2D eigenvalue weighted by Crippen LogP contribution is -2.00. The molecule has 1 rings (SSSR count). The molecular formula is C14H22BrN. The number of nitrogens with one attached hydrogen (secondary N) is 1. The van der Waals surface area contributed by atoms with Crippen molar-refractivity contribution in [3.63, 3.8) is 0 Å². The van der Waals surface area contributed by atoms with Gasteiger partial charge in [0.1, 0.15) is 0 Å². The number of anilines is 1. The van der Waals surface area contributed by atoms with Crippen LogP contribution in [0.1, 0.15) is 45.4 Å². The first-order valence-electron chi connectivity index (χ1n) is 6.32. The molecule has 0 aliphatic heterocycles. The molecule has 0 atom stereocenters. The molecule has 0 spiro atoms. The molecule has 0 fully saturated rings. The van der Waals surface area contributed by atoms with Crippen molar-refractivity contribution < 1.29 is 0 Å². The predicted octanol–water partition coefficient (Wildman–Crippen LogP) is 5.22. The van der Waals surface area contributed by atoms with E-state index in [2.05, 4.69) is 52.4 Å². The number of hydrogen-bond acceptors (Lipinski definition) is 1. The van der Waals surface area contributed by atoms with Crippen LogP contribution in [0.4, 0.5) is 5.69 Å². The van der Waals surface area contributed by atoms with Gasteiger partial charge in [0.2, 0.25) is 0 Å². The summed E-state index contributed by atoms with van der Waals surface area (Å²) in [5.74, 6) is 0. The number of hydrogen-bond donors (Lipinski definition) is 1. The van der Waals surface area contributed by atoms with Crippen molar-refractivity contribution in [2.45, 2.75) is 45.4 Å². The number of benzene rings is 1. The van der Waals surface area contributed by atoms with E-state index in [9.17, 15) is 0 Å². The molecule has 90 valence electrons. The summed E-state index contributed by atoms with van der Waals surface area (Å²) in [6.45, 7) is 3.35. The molecule has 1 N–H and O–H groups in total. The van der Waals surface area contributed by atoms with Crippen LogP contribution in [0.5, 0.6) is 0 Å². The van der Waals surface area contributed by atoms with Crippen molar-refractivity contribution in [2.75, 3.05) is 11.9 Å². The zero-order valence-corrected chi connectivity index (χ0v) is 11.7. The summed E-state index contributed by atoms with van der Waals surface area (Å²) in [6.07, 6.45) is 8.13. The normalized spacial score (nSPS) is 10.4. The summed E-state index contributed by atoms with van der Waals surface area (Å²) in [5.41, 5.74) is 1.22. The van der Waals surface area contributed by atoms with Gasteiger partial charge >= 0.3 is 0 Å². The van der Waals surface area contributed by atoms with Gasteiger partial charge < -0.3 is 5.32 Å². The van der Waals surface area contributed by atoms with E-state index in [4.69, 9.17) is 0 Å². The summed E-state index contributed by atoms with van der Waals surface area (Å²) in [6, 6.07) is 8.37. The van der Waals surface area contributed by atoms with E-state index < -0.39 is 0 Å². The van der Waals surface area contributed by atoms with Gasteiger partial charge in [-0.3, -0.25) is 0 Å². The highest BCUT2D eigenvalue weighted by molar-refractivity contribution is 9.10. The van der Waals surface area contributed by atoms with Crippen molar-refractivity contribution in [1.82, 2.24) is 0 Å². The molecule has 0 bridgehead atoms. The summed E-state index contributed by atoms with van der Waals surface area (Å²) >= 11 is 3.43. The molecule has 0 unspecified atom stereocenters. The van der Waals surface area contributed by atoms with Crippen molar-refractivity contribution >= 4 is 21.6 Å². The van der Waals surface area contributed by atoms with Gasteiger partial charge in [-0.1, -0.05) is 55.0 Å². The zero-order chi connectivity index (χ0) is 11.6. The van der Waals surface area contributed by atoms with Gasteiger partial charge in [-0.25, -0.2) is 0 Å². The minimum Gasteiger partial charge on any atom is -0.385 e. The highest BCUT2D eigenvalue weighted by Gasteiger charge is 1.92. The Labute approximate surface area is 108 Å². The van der Waals surface area contributed by atoms with Crippen LogP contribution in [0, 0.1) is 0 Å². The molecule has 0 aliphatic carbocycles. The first kappa shape index (κ1) is 13.6. The van der Waals surface area contributed by atoms with E-state index in [-0.39, 0.29) is 0 Å². The summed E-state index contributed by atoms with van der Waals surface area (Å²) in [7, 11) is 0. The Bertz CT molecular complexity index is 269. The third-order valence-corrected chi connectivity index (χ3v) is 3.23. The second-order valence-corrected chi connectivity index (χ2v) is 5.12. The molecule has 1 aromatic rings. The topological polar surface area (TPSA) is 12.0 Å². The Morgan fingerprint density at radius 1 is 0.938 bits per heavy atom. The van der Waals surface area contributed by atoms with Gasteiger partial charge in [0, 0.05) is 16.7 Å². The first-order chi connectivity index (χ1) is 7.83. The minimum absolute atomic E-state index is 1.09. The highest BCUT2D eigenvalue weighted by Crippen LogP contribution is 2.14. The van der Waals surface area contributed by atoms with E-state index in [1.54, 1.807) is 0 Å². The Morgan fingerprint density at radius 2 is 1.56 bits per heavy atom. The molecule has 0 heterocycles. The summed E-state index contributed by atoms with van der Waals surface area (Å²) < 4.78 is 1.14. The van der Waals surface area contributed by atoms with Crippen LogP contribution in [0.25, 0.3) is 0 Å². The lowest BCUT2D eigenvalue weighted by molar-refractivity contribution is 0.617. The zero-order valence-electron chi connectivity index (χ0n) is 10.1. The molecule has 0 aliphatic rings. The molecule has 0 saturated heterocycles. The predicted molar refractivity (Wildman–Crippen MR) is 76.0 cm³/mol. The van der Waals surface area contributed by atoms with Crippen LogP contribution >= 0.6 is 15.9 Å². The summed E-state index contributed by atoms with van der Waals surface area (Å²) in [4.78, 5) is 0. The quantitative estimate of drug-likeness (QED) is 0.645. The third-order valence-electron chi connectivity index (χ3n) is 2.70. The average molecular weight is 284 g/mol. The molecule has 0 aromatic heterocycles. The van der Waals surface area contributed by atoms with Crippen molar-refractivity contribution in [3.05, 3.63) is 28.7 Å². The van der Waals surface area contributed by atoms with Gasteiger partial charge in [-0.15, -0.1) is 0 Å². The molecule has 1 aromatic carbocycles. The Hall–Kier alpha value is -0.500.